The van der Waals surface area contributed by atoms with Crippen LogP contribution in [-0.2, 0) is 6.54 Å². The number of fused-ring (bicyclic) bond motifs is 1. The van der Waals surface area contributed by atoms with E-state index in [1.807, 2.05) is 17.6 Å². The first-order chi connectivity index (χ1) is 10.7. The van der Waals surface area contributed by atoms with Gasteiger partial charge in [-0.1, -0.05) is 12.1 Å². The van der Waals surface area contributed by atoms with Crippen LogP contribution in [0.4, 0.5) is 5.13 Å². The van der Waals surface area contributed by atoms with E-state index in [9.17, 15) is 4.79 Å². The Morgan fingerprint density at radius 3 is 3.05 bits per heavy atom. The highest BCUT2D eigenvalue weighted by Gasteiger charge is 2.24. The second-order valence-corrected chi connectivity index (χ2v) is 6.85. The normalized spacial score (nSPS) is 14.4. The van der Waals surface area contributed by atoms with E-state index in [4.69, 9.17) is 0 Å². The fourth-order valence-electron chi connectivity index (χ4n) is 2.76. The van der Waals surface area contributed by atoms with Crippen LogP contribution in [0.3, 0.4) is 0 Å². The smallest absolute Gasteiger partial charge is 0.259 e. The van der Waals surface area contributed by atoms with Crippen LogP contribution in [0.15, 0.2) is 36.0 Å². The van der Waals surface area contributed by atoms with Crippen LogP contribution < -0.4 is 5.32 Å². The standard InChI is InChI=1S/C17H17N3OS/c1-11-2-5-13-14(16(21)19-17-18-6-7-22-17)10-20(15(13)8-11)9-12-3-4-12/h2,5-8,10,12H,3-4,9H2,1H3,(H,18,19,21). The summed E-state index contributed by atoms with van der Waals surface area (Å²) in [6.45, 7) is 3.09. The second kappa shape index (κ2) is 5.25. The first-order valence-corrected chi connectivity index (χ1v) is 8.39. The quantitative estimate of drug-likeness (QED) is 0.789. The molecule has 1 aliphatic rings. The van der Waals surface area contributed by atoms with Crippen LogP contribution in [0.2, 0.25) is 0 Å². The van der Waals surface area contributed by atoms with E-state index in [0.29, 0.717) is 5.13 Å². The third-order valence-electron chi connectivity index (χ3n) is 4.09. The highest BCUT2D eigenvalue weighted by Crippen LogP contribution is 2.33. The molecule has 5 heteroatoms. The third kappa shape index (κ3) is 2.52. The molecular weight excluding hydrogens is 294 g/mol. The molecule has 3 aromatic rings. The summed E-state index contributed by atoms with van der Waals surface area (Å²) in [5, 5.41) is 6.39. The van der Waals surface area contributed by atoms with E-state index in [2.05, 4.69) is 33.9 Å². The highest BCUT2D eigenvalue weighted by molar-refractivity contribution is 7.13. The minimum absolute atomic E-state index is 0.0849. The molecule has 1 N–H and O–H groups in total. The number of nitrogens with one attached hydrogen (secondary N) is 1. The van der Waals surface area contributed by atoms with Crippen molar-refractivity contribution in [3.8, 4) is 0 Å². The van der Waals surface area contributed by atoms with E-state index in [1.54, 1.807) is 6.20 Å². The predicted octanol–water partition coefficient (Wildman–Crippen LogP) is 4.07. The number of thiazole rings is 1. The van der Waals surface area contributed by atoms with Crippen molar-refractivity contribution in [3.63, 3.8) is 0 Å². The van der Waals surface area contributed by atoms with Crippen molar-refractivity contribution in [3.05, 3.63) is 47.1 Å². The largest absolute Gasteiger partial charge is 0.346 e. The Morgan fingerprint density at radius 2 is 2.32 bits per heavy atom. The van der Waals surface area contributed by atoms with Gasteiger partial charge >= 0.3 is 0 Å². The van der Waals surface area contributed by atoms with Gasteiger partial charge in [-0.05, 0) is 37.3 Å². The molecule has 112 valence electrons. The summed E-state index contributed by atoms with van der Waals surface area (Å²) in [6.07, 6.45) is 6.28. The van der Waals surface area contributed by atoms with Crippen LogP contribution in [0.5, 0.6) is 0 Å². The molecular formula is C17H17N3OS. The molecule has 4 nitrogen and oxygen atoms in total. The van der Waals surface area contributed by atoms with Crippen LogP contribution in [-0.4, -0.2) is 15.5 Å². The topological polar surface area (TPSA) is 46.9 Å². The van der Waals surface area contributed by atoms with E-state index in [1.165, 1.54) is 29.7 Å². The number of anilines is 1. The Morgan fingerprint density at radius 1 is 1.45 bits per heavy atom. The van der Waals surface area contributed by atoms with Gasteiger partial charge in [-0.2, -0.15) is 0 Å². The Kier molecular flexibility index (Phi) is 3.22. The Bertz CT molecular complexity index is 831. The summed E-state index contributed by atoms with van der Waals surface area (Å²) in [7, 11) is 0. The summed E-state index contributed by atoms with van der Waals surface area (Å²) in [6, 6.07) is 6.27. The second-order valence-electron chi connectivity index (χ2n) is 5.95. The van der Waals surface area contributed by atoms with E-state index < -0.39 is 0 Å². The number of aryl methyl sites for hydroxylation is 1. The molecule has 2 aromatic heterocycles. The monoisotopic (exact) mass is 311 g/mol. The number of hydrogen-bond acceptors (Lipinski definition) is 3. The average molecular weight is 311 g/mol. The SMILES string of the molecule is Cc1ccc2c(C(=O)Nc3nccs3)cn(CC3CC3)c2c1. The fourth-order valence-corrected chi connectivity index (χ4v) is 3.29. The van der Waals surface area contributed by atoms with Crippen LogP contribution in [0, 0.1) is 12.8 Å². The zero-order valence-electron chi connectivity index (χ0n) is 12.4. The molecule has 0 bridgehead atoms. The molecule has 1 aliphatic carbocycles. The number of nitrogens with zero attached hydrogens (tertiary/aromatic N) is 2. The molecule has 22 heavy (non-hydrogen) atoms. The van der Waals surface area contributed by atoms with E-state index in [0.717, 1.165) is 28.9 Å². The van der Waals surface area contributed by atoms with E-state index >= 15 is 0 Å². The van der Waals surface area contributed by atoms with Crippen molar-refractivity contribution < 1.29 is 4.79 Å². The maximum atomic E-state index is 12.6. The number of aromatic nitrogens is 2. The molecule has 4 rings (SSSR count). The van der Waals surface area contributed by atoms with Crippen molar-refractivity contribution in [2.24, 2.45) is 5.92 Å². The molecule has 0 radical (unpaired) electrons. The zero-order valence-corrected chi connectivity index (χ0v) is 13.2. The molecule has 1 amide bonds. The highest BCUT2D eigenvalue weighted by atomic mass is 32.1. The van der Waals surface area contributed by atoms with Crippen LogP contribution in [0.1, 0.15) is 28.8 Å². The van der Waals surface area contributed by atoms with Crippen molar-refractivity contribution in [2.75, 3.05) is 5.32 Å². The molecule has 0 spiro atoms. The number of rotatable bonds is 4. The number of carbonyl (C=O) groups excluding carboxylic acids is 1. The molecule has 2 heterocycles. The summed E-state index contributed by atoms with van der Waals surface area (Å²) < 4.78 is 2.23. The van der Waals surface area contributed by atoms with Gasteiger partial charge in [-0.3, -0.25) is 10.1 Å². The number of carbonyl (C=O) groups is 1. The Labute approximate surface area is 132 Å². The van der Waals surface area contributed by atoms with E-state index in [-0.39, 0.29) is 5.91 Å². The van der Waals surface area contributed by atoms with Crippen molar-refractivity contribution in [1.82, 2.24) is 9.55 Å². The molecule has 0 unspecified atom stereocenters. The average Bonchev–Trinajstić information content (AvgIpc) is 3.03. The Hall–Kier alpha value is -2.14. The van der Waals surface area contributed by atoms with Gasteiger partial charge in [-0.25, -0.2) is 4.98 Å². The lowest BCUT2D eigenvalue weighted by Gasteiger charge is -2.03. The van der Waals surface area contributed by atoms with Gasteiger partial charge < -0.3 is 4.57 Å². The predicted molar refractivity (Wildman–Crippen MR) is 89.5 cm³/mol. The Balaban J connectivity index is 1.74. The minimum Gasteiger partial charge on any atom is -0.346 e. The summed E-state index contributed by atoms with van der Waals surface area (Å²) in [5.74, 6) is 0.685. The number of hydrogen-bond donors (Lipinski definition) is 1. The molecule has 1 fully saturated rings. The molecule has 1 aromatic carbocycles. The molecule has 0 aliphatic heterocycles. The van der Waals surface area contributed by atoms with Gasteiger partial charge in [0, 0.05) is 35.2 Å². The first-order valence-electron chi connectivity index (χ1n) is 7.51. The van der Waals surface area contributed by atoms with Crippen molar-refractivity contribution in [2.45, 2.75) is 26.3 Å². The maximum absolute atomic E-state index is 12.6. The van der Waals surface area contributed by atoms with Crippen molar-refractivity contribution >= 4 is 33.3 Å². The van der Waals surface area contributed by atoms with Crippen LogP contribution >= 0.6 is 11.3 Å². The third-order valence-corrected chi connectivity index (χ3v) is 4.78. The van der Waals surface area contributed by atoms with Gasteiger partial charge in [0.2, 0.25) is 0 Å². The zero-order chi connectivity index (χ0) is 15.1. The van der Waals surface area contributed by atoms with Gasteiger partial charge in [-0.15, -0.1) is 11.3 Å². The molecule has 0 saturated heterocycles. The minimum atomic E-state index is -0.0849. The lowest BCUT2D eigenvalue weighted by Crippen LogP contribution is -2.11. The summed E-state index contributed by atoms with van der Waals surface area (Å²) in [4.78, 5) is 16.7. The van der Waals surface area contributed by atoms with Crippen LogP contribution in [0.25, 0.3) is 10.9 Å². The lowest BCUT2D eigenvalue weighted by atomic mass is 10.1. The first kappa shape index (κ1) is 13.5. The van der Waals surface area contributed by atoms with Gasteiger partial charge in [0.25, 0.3) is 5.91 Å². The number of amides is 1. The molecule has 0 atom stereocenters. The maximum Gasteiger partial charge on any atom is 0.259 e. The van der Waals surface area contributed by atoms with Gasteiger partial charge in [0.05, 0.1) is 5.56 Å². The summed E-state index contributed by atoms with van der Waals surface area (Å²) >= 11 is 1.43. The lowest BCUT2D eigenvalue weighted by molar-refractivity contribution is 0.102. The van der Waals surface area contributed by atoms with Crippen molar-refractivity contribution in [1.29, 1.82) is 0 Å². The van der Waals surface area contributed by atoms with Gasteiger partial charge in [0.1, 0.15) is 0 Å². The molecule has 1 saturated carbocycles. The fraction of sp³-hybridized carbons (Fsp3) is 0.294. The van der Waals surface area contributed by atoms with Gasteiger partial charge in [0.15, 0.2) is 5.13 Å². The summed E-state index contributed by atoms with van der Waals surface area (Å²) in [5.41, 5.74) is 3.09. The number of benzene rings is 1.